The predicted octanol–water partition coefficient (Wildman–Crippen LogP) is -1.72. The number of anilines is 1. The minimum Gasteiger partial charge on any atom is -0.481 e. The minimum atomic E-state index is -5.60. The van der Waals surface area contributed by atoms with Crippen molar-refractivity contribution in [1.29, 1.82) is 0 Å². The van der Waals surface area contributed by atoms with Crippen LogP contribution in [0.4, 0.5) is 5.82 Å². The first kappa shape index (κ1) is 49.4. The van der Waals surface area contributed by atoms with Gasteiger partial charge in [-0.25, -0.2) is 28.6 Å². The molecule has 0 bridgehead atoms. The topological polar surface area (TPSA) is 421 Å². The lowest BCUT2D eigenvalue weighted by molar-refractivity contribution is -0.139. The summed E-state index contributed by atoms with van der Waals surface area (Å²) in [5.74, 6) is -2.79. The number of hydrogen-bond donors (Lipinski definition) is 11. The Bertz CT molecular complexity index is 1950. The van der Waals surface area contributed by atoms with E-state index in [1.807, 2.05) is 0 Å². The van der Waals surface area contributed by atoms with Crippen LogP contribution in [-0.4, -0.2) is 144 Å². The molecule has 8 atom stereocenters. The van der Waals surface area contributed by atoms with Gasteiger partial charge in [0.05, 0.1) is 19.5 Å². The third kappa shape index (κ3) is 14.6. The Morgan fingerprint density at radius 2 is 1.67 bits per heavy atom. The number of carbonyl (C=O) groups excluding carboxylic acids is 3. The lowest BCUT2D eigenvalue weighted by Crippen LogP contribution is -2.46. The van der Waals surface area contributed by atoms with Crippen LogP contribution in [-0.2, 0) is 55.5 Å². The lowest BCUT2D eigenvalue weighted by atomic mass is 9.87. The van der Waals surface area contributed by atoms with Crippen molar-refractivity contribution in [3.8, 4) is 0 Å². The number of imidazole rings is 1. The highest BCUT2D eigenvalue weighted by Gasteiger charge is 2.50. The number of rotatable bonds is 23. The fraction of sp³-hybridized carbons (Fsp3) is 0.667. The summed E-state index contributed by atoms with van der Waals surface area (Å²) in [5, 5.41) is 44.3. The van der Waals surface area contributed by atoms with Crippen LogP contribution in [0.2, 0.25) is 0 Å². The number of aliphatic hydroxyl groups excluding tert-OH is 2. The summed E-state index contributed by atoms with van der Waals surface area (Å²) >= 11 is 0.686. The van der Waals surface area contributed by atoms with Crippen molar-refractivity contribution in [2.24, 2.45) is 5.41 Å². The van der Waals surface area contributed by atoms with Crippen LogP contribution in [0.3, 0.4) is 0 Å². The SMILES string of the molecule is CC(O)(CCC(=O)O)C(=O)SCCNC(=O)CCNC(=O)[C@H](O)C(C)(C)COP(=O)(O)OP(=O)(O)OC[C@H]1O[C@@H](n2cnc3c(N)ncnc32)[C@H](O)[C@@H]1OP(=O)(O)O. The fourth-order valence-electron chi connectivity index (χ4n) is 4.88. The van der Waals surface area contributed by atoms with Gasteiger partial charge in [-0.3, -0.25) is 37.3 Å². The molecule has 0 aliphatic carbocycles. The molecule has 1 aliphatic heterocycles. The third-order valence-corrected chi connectivity index (χ3v) is 12.2. The average molecular weight is 912 g/mol. The molecule has 1 saturated heterocycles. The van der Waals surface area contributed by atoms with Gasteiger partial charge in [-0.05, 0) is 13.3 Å². The maximum atomic E-state index is 12.7. The monoisotopic (exact) mass is 911 g/mol. The maximum absolute atomic E-state index is 12.7. The summed E-state index contributed by atoms with van der Waals surface area (Å²) in [5.41, 5.74) is 2.30. The Morgan fingerprint density at radius 3 is 2.31 bits per heavy atom. The fourth-order valence-corrected chi connectivity index (χ4v) is 8.51. The zero-order chi connectivity index (χ0) is 43.9. The summed E-state index contributed by atoms with van der Waals surface area (Å²) in [4.78, 5) is 98.3. The smallest absolute Gasteiger partial charge is 0.481 e. The first-order chi connectivity index (χ1) is 26.6. The number of aromatic nitrogens is 4. The number of hydrogen-bond acceptors (Lipinski definition) is 20. The standard InChI is InChI=1S/C27H44N7O20P3S/c1-26(2,20(39)23(40)30-7-5-15(35)29-8-9-58-25(41)27(3,42)6-4-16(36)37)11-51-57(48,49)54-56(46,47)50-10-14-19(53-55(43,44)45)18(38)24(52-14)34-13-33-17-21(28)31-12-32-22(17)34/h12-14,18-20,24,38-39,42H,4-11H2,1-3H3,(H,29,35)(H,30,40)(H,36,37)(H,46,47)(H,48,49)(H2,28,31,32)(H2,43,44,45)/t14-,18-,19-,20+,24-,27?/m1/s1. The second kappa shape index (κ2) is 20.0. The largest absolute Gasteiger partial charge is 0.481 e. The van der Waals surface area contributed by atoms with E-state index < -0.39 is 108 Å². The molecule has 0 saturated carbocycles. The van der Waals surface area contributed by atoms with E-state index in [1.54, 1.807) is 0 Å². The van der Waals surface area contributed by atoms with Crippen molar-refractivity contribution in [1.82, 2.24) is 30.2 Å². The quantitative estimate of drug-likeness (QED) is 0.0436. The molecule has 2 aromatic rings. The van der Waals surface area contributed by atoms with E-state index in [1.165, 1.54) is 20.8 Å². The lowest BCUT2D eigenvalue weighted by Gasteiger charge is -2.30. The summed E-state index contributed by atoms with van der Waals surface area (Å²) < 4.78 is 62.0. The van der Waals surface area contributed by atoms with Crippen LogP contribution in [0.1, 0.15) is 46.3 Å². The molecule has 58 heavy (non-hydrogen) atoms. The number of carbonyl (C=O) groups is 4. The number of nitrogens with one attached hydrogen (secondary N) is 2. The molecular weight excluding hydrogens is 867 g/mol. The zero-order valence-corrected chi connectivity index (χ0v) is 34.3. The third-order valence-electron chi connectivity index (χ3n) is 8.00. The van der Waals surface area contributed by atoms with Gasteiger partial charge in [0, 0.05) is 37.1 Å². The van der Waals surface area contributed by atoms with Gasteiger partial charge in [-0.1, -0.05) is 25.6 Å². The first-order valence-corrected chi connectivity index (χ1v) is 22.2. The number of amides is 2. The van der Waals surface area contributed by atoms with Gasteiger partial charge in [-0.2, -0.15) is 4.31 Å². The van der Waals surface area contributed by atoms with E-state index in [0.29, 0.717) is 11.8 Å². The Hall–Kier alpha value is -3.01. The summed E-state index contributed by atoms with van der Waals surface area (Å²) in [6, 6.07) is 0. The molecule has 2 amide bonds. The molecule has 31 heteroatoms. The van der Waals surface area contributed by atoms with Crippen molar-refractivity contribution in [3.63, 3.8) is 0 Å². The van der Waals surface area contributed by atoms with Gasteiger partial charge in [0.25, 0.3) is 0 Å². The summed E-state index contributed by atoms with van der Waals surface area (Å²) in [7, 11) is -16.5. The molecule has 1 fully saturated rings. The molecule has 3 rings (SSSR count). The number of nitrogen functional groups attached to an aromatic ring is 1. The molecule has 12 N–H and O–H groups in total. The average Bonchev–Trinajstić information content (AvgIpc) is 3.67. The van der Waals surface area contributed by atoms with E-state index in [4.69, 9.17) is 24.6 Å². The number of thioether (sulfide) groups is 1. The van der Waals surface area contributed by atoms with Crippen LogP contribution >= 0.6 is 35.2 Å². The van der Waals surface area contributed by atoms with Gasteiger partial charge in [0.2, 0.25) is 16.9 Å². The van der Waals surface area contributed by atoms with Crippen LogP contribution in [0.25, 0.3) is 11.2 Å². The minimum absolute atomic E-state index is 0.0138. The number of ether oxygens (including phenoxy) is 1. The summed E-state index contributed by atoms with van der Waals surface area (Å²) in [6.45, 7) is 1.21. The number of phosphoric ester groups is 3. The first-order valence-electron chi connectivity index (χ1n) is 16.6. The number of phosphoric acid groups is 3. The number of carboxylic acids is 1. The number of aliphatic hydroxyl groups is 3. The van der Waals surface area contributed by atoms with E-state index in [9.17, 15) is 67.8 Å². The van der Waals surface area contributed by atoms with E-state index in [0.717, 1.165) is 17.2 Å². The summed E-state index contributed by atoms with van der Waals surface area (Å²) in [6.07, 6.45) is -7.91. The second-order valence-electron chi connectivity index (χ2n) is 13.4. The molecular formula is C27H44N7O20P3S. The molecule has 0 spiro atoms. The van der Waals surface area contributed by atoms with Crippen molar-refractivity contribution < 1.29 is 95.5 Å². The second-order valence-corrected chi connectivity index (χ2v) is 18.7. The highest BCUT2D eigenvalue weighted by molar-refractivity contribution is 8.13. The number of fused-ring (bicyclic) bond motifs is 1. The normalized spacial score (nSPS) is 22.4. The van der Waals surface area contributed by atoms with Crippen LogP contribution < -0.4 is 16.4 Å². The zero-order valence-electron chi connectivity index (χ0n) is 30.8. The molecule has 0 radical (unpaired) electrons. The number of aliphatic carboxylic acids is 1. The van der Waals surface area contributed by atoms with E-state index in [2.05, 4.69) is 34.4 Å². The maximum Gasteiger partial charge on any atom is 0.481 e. The molecule has 3 unspecified atom stereocenters. The van der Waals surface area contributed by atoms with Crippen molar-refractivity contribution in [2.75, 3.05) is 37.8 Å². The van der Waals surface area contributed by atoms with Gasteiger partial charge in [0.1, 0.15) is 41.9 Å². The van der Waals surface area contributed by atoms with Gasteiger partial charge in [-0.15, -0.1) is 0 Å². The Balaban J connectivity index is 1.47. The van der Waals surface area contributed by atoms with Crippen LogP contribution in [0, 0.1) is 5.41 Å². The Labute approximate surface area is 332 Å². The van der Waals surface area contributed by atoms with Crippen molar-refractivity contribution in [3.05, 3.63) is 12.7 Å². The highest BCUT2D eigenvalue weighted by Crippen LogP contribution is 2.61. The Morgan fingerprint density at radius 1 is 1.02 bits per heavy atom. The molecule has 27 nitrogen and oxygen atoms in total. The van der Waals surface area contributed by atoms with Crippen molar-refractivity contribution in [2.45, 2.75) is 76.3 Å². The van der Waals surface area contributed by atoms with Gasteiger partial charge >= 0.3 is 29.4 Å². The number of carboxylic acid groups (broad SMARTS) is 1. The predicted molar refractivity (Wildman–Crippen MR) is 195 cm³/mol. The molecule has 0 aromatic carbocycles. The van der Waals surface area contributed by atoms with E-state index >= 15 is 0 Å². The van der Waals surface area contributed by atoms with Crippen LogP contribution in [0.5, 0.6) is 0 Å². The molecule has 328 valence electrons. The highest BCUT2D eigenvalue weighted by atomic mass is 32.2. The number of nitrogens with two attached hydrogens (primary N) is 1. The van der Waals surface area contributed by atoms with E-state index in [-0.39, 0.29) is 48.7 Å². The van der Waals surface area contributed by atoms with Gasteiger partial charge < -0.3 is 61.1 Å². The molecule has 3 heterocycles. The van der Waals surface area contributed by atoms with Crippen molar-refractivity contribution >= 4 is 75.1 Å². The molecule has 2 aromatic heterocycles. The van der Waals surface area contributed by atoms with Crippen LogP contribution in [0.15, 0.2) is 12.7 Å². The van der Waals surface area contributed by atoms with Gasteiger partial charge in [0.15, 0.2) is 17.7 Å². The molecule has 1 aliphatic rings. The Kier molecular flexibility index (Phi) is 17.0. The number of nitrogens with zero attached hydrogens (tertiary/aromatic N) is 4.